The van der Waals surface area contributed by atoms with E-state index in [4.69, 9.17) is 9.47 Å². The van der Waals surface area contributed by atoms with Gasteiger partial charge in [0.05, 0.1) is 18.1 Å². The van der Waals surface area contributed by atoms with E-state index in [0.29, 0.717) is 32.2 Å². The molecule has 202 valence electrons. The van der Waals surface area contributed by atoms with Crippen molar-refractivity contribution >= 4 is 23.5 Å². The SMILES string of the molecule is C=CCN(C(=O)C1N(CCCCCO)C(=O)[C@@H]2[C@H](C(=O)OCC)[C@]3(C)CCC12O3)c1cc(C)ccc1C. The number of carbonyl (C=O) groups is 3. The second kappa shape index (κ2) is 10.6. The summed E-state index contributed by atoms with van der Waals surface area (Å²) in [7, 11) is 0. The Bertz CT molecular complexity index is 1070. The maximum Gasteiger partial charge on any atom is 0.312 e. The Balaban J connectivity index is 1.78. The number of anilines is 1. The normalized spacial score (nSPS) is 29.9. The highest BCUT2D eigenvalue weighted by atomic mass is 16.6. The largest absolute Gasteiger partial charge is 0.466 e. The van der Waals surface area contributed by atoms with Crippen LogP contribution in [-0.2, 0) is 23.9 Å². The number of likely N-dealkylation sites (tertiary alicyclic amines) is 1. The summed E-state index contributed by atoms with van der Waals surface area (Å²) < 4.78 is 12.1. The summed E-state index contributed by atoms with van der Waals surface area (Å²) in [6.45, 7) is 12.4. The number of ether oxygens (including phenoxy) is 2. The van der Waals surface area contributed by atoms with Crippen molar-refractivity contribution in [1.29, 1.82) is 0 Å². The first-order chi connectivity index (χ1) is 17.6. The van der Waals surface area contributed by atoms with Gasteiger partial charge in [0.1, 0.15) is 17.6 Å². The highest BCUT2D eigenvalue weighted by molar-refractivity contribution is 6.05. The molecule has 3 aliphatic rings. The topological polar surface area (TPSA) is 96.4 Å². The second-order valence-corrected chi connectivity index (χ2v) is 10.8. The minimum Gasteiger partial charge on any atom is -0.466 e. The molecule has 2 bridgehead atoms. The molecule has 3 heterocycles. The van der Waals surface area contributed by atoms with Gasteiger partial charge in [0.25, 0.3) is 5.91 Å². The van der Waals surface area contributed by atoms with E-state index >= 15 is 0 Å². The van der Waals surface area contributed by atoms with Gasteiger partial charge in [-0.3, -0.25) is 14.4 Å². The number of hydrogen-bond donors (Lipinski definition) is 1. The minimum atomic E-state index is -1.09. The fourth-order valence-corrected chi connectivity index (χ4v) is 6.70. The highest BCUT2D eigenvalue weighted by Gasteiger charge is 2.78. The zero-order valence-electron chi connectivity index (χ0n) is 22.5. The Kier molecular flexibility index (Phi) is 7.81. The Morgan fingerprint density at radius 2 is 2.03 bits per heavy atom. The van der Waals surface area contributed by atoms with Gasteiger partial charge in [-0.05, 0) is 77.0 Å². The first kappa shape index (κ1) is 27.3. The molecule has 4 rings (SSSR count). The quantitative estimate of drug-likeness (QED) is 0.278. The van der Waals surface area contributed by atoms with Crippen LogP contribution in [0.1, 0.15) is 57.1 Å². The molecule has 1 aromatic carbocycles. The first-order valence-electron chi connectivity index (χ1n) is 13.4. The molecule has 2 unspecified atom stereocenters. The molecule has 1 N–H and O–H groups in total. The third-order valence-corrected chi connectivity index (χ3v) is 8.34. The third-order valence-electron chi connectivity index (χ3n) is 8.34. The number of unbranched alkanes of at least 4 members (excludes halogenated alkanes) is 2. The van der Waals surface area contributed by atoms with E-state index < -0.39 is 35.0 Å². The monoisotopic (exact) mass is 512 g/mol. The van der Waals surface area contributed by atoms with Crippen molar-refractivity contribution in [2.45, 2.75) is 77.0 Å². The van der Waals surface area contributed by atoms with Crippen LogP contribution in [0.15, 0.2) is 30.9 Å². The number of aryl methyl sites for hydroxylation is 2. The summed E-state index contributed by atoms with van der Waals surface area (Å²) in [6.07, 6.45) is 4.78. The van der Waals surface area contributed by atoms with Gasteiger partial charge in [-0.25, -0.2) is 0 Å². The fourth-order valence-electron chi connectivity index (χ4n) is 6.70. The van der Waals surface area contributed by atoms with E-state index in [1.807, 2.05) is 39.0 Å². The number of esters is 1. The van der Waals surface area contributed by atoms with Gasteiger partial charge in [0.2, 0.25) is 5.91 Å². The average Bonchev–Trinajstić information content (AvgIpc) is 3.42. The molecule has 1 aromatic rings. The van der Waals surface area contributed by atoms with E-state index in [0.717, 1.165) is 23.2 Å². The fraction of sp³-hybridized carbons (Fsp3) is 0.621. The van der Waals surface area contributed by atoms with Crippen LogP contribution in [0.5, 0.6) is 0 Å². The molecule has 5 atom stereocenters. The minimum absolute atomic E-state index is 0.0784. The van der Waals surface area contributed by atoms with Crippen molar-refractivity contribution in [3.8, 4) is 0 Å². The average molecular weight is 513 g/mol. The lowest BCUT2D eigenvalue weighted by Gasteiger charge is -2.37. The number of rotatable bonds is 11. The number of benzene rings is 1. The maximum absolute atomic E-state index is 14.5. The van der Waals surface area contributed by atoms with Gasteiger partial charge in [-0.1, -0.05) is 18.2 Å². The number of hydrogen-bond acceptors (Lipinski definition) is 6. The standard InChI is InChI=1S/C29H40N2O6/c1-6-15-30(21-18-19(3)11-12-20(21)4)26(34)24-29-14-13-28(5,37-29)23(27(35)36-7-2)22(29)25(33)31(24)16-9-8-10-17-32/h6,11-12,18,22-24,32H,1,7-10,13-17H2,2-5H3/t22-,23+,24?,28-,29?/m0/s1. The van der Waals surface area contributed by atoms with Crippen molar-refractivity contribution in [1.82, 2.24) is 4.90 Å². The lowest BCUT2D eigenvalue weighted by Crippen LogP contribution is -2.56. The molecule has 3 saturated heterocycles. The number of carbonyl (C=O) groups excluding carboxylic acids is 3. The predicted octanol–water partition coefficient (Wildman–Crippen LogP) is 3.31. The summed E-state index contributed by atoms with van der Waals surface area (Å²) in [6, 6.07) is 5.10. The van der Waals surface area contributed by atoms with E-state index in [-0.39, 0.29) is 31.6 Å². The van der Waals surface area contributed by atoms with Gasteiger partial charge in [0.15, 0.2) is 0 Å². The van der Waals surface area contributed by atoms with E-state index in [1.165, 1.54) is 0 Å². The molecule has 0 aliphatic carbocycles. The summed E-state index contributed by atoms with van der Waals surface area (Å²) in [5, 5.41) is 9.23. The van der Waals surface area contributed by atoms with Crippen LogP contribution >= 0.6 is 0 Å². The molecule has 3 aliphatic heterocycles. The number of amides is 2. The number of nitrogens with zero attached hydrogens (tertiary/aromatic N) is 2. The summed E-state index contributed by atoms with van der Waals surface area (Å²) in [5.41, 5.74) is 0.806. The molecule has 0 aromatic heterocycles. The zero-order chi connectivity index (χ0) is 27.0. The third kappa shape index (κ3) is 4.48. The molecule has 0 radical (unpaired) electrons. The number of aliphatic hydroxyl groups is 1. The van der Waals surface area contributed by atoms with Gasteiger partial charge in [-0.15, -0.1) is 6.58 Å². The molecule has 0 saturated carbocycles. The van der Waals surface area contributed by atoms with Crippen molar-refractivity contribution in [2.24, 2.45) is 11.8 Å². The Morgan fingerprint density at radius 1 is 1.27 bits per heavy atom. The molecule has 3 fully saturated rings. The Morgan fingerprint density at radius 3 is 2.70 bits per heavy atom. The van der Waals surface area contributed by atoms with Crippen LogP contribution in [0.2, 0.25) is 0 Å². The van der Waals surface area contributed by atoms with Crippen LogP contribution in [0.3, 0.4) is 0 Å². The van der Waals surface area contributed by atoms with E-state index in [2.05, 4.69) is 6.58 Å². The van der Waals surface area contributed by atoms with Gasteiger partial charge >= 0.3 is 5.97 Å². The summed E-state index contributed by atoms with van der Waals surface area (Å²) in [4.78, 5) is 45.0. The highest BCUT2D eigenvalue weighted by Crippen LogP contribution is 2.63. The molecule has 8 heteroatoms. The van der Waals surface area contributed by atoms with Crippen LogP contribution < -0.4 is 4.90 Å². The molecule has 1 spiro atoms. The Hall–Kier alpha value is -2.71. The lowest BCUT2D eigenvalue weighted by molar-refractivity contribution is -0.159. The smallest absolute Gasteiger partial charge is 0.312 e. The lowest BCUT2D eigenvalue weighted by atomic mass is 9.66. The van der Waals surface area contributed by atoms with Gasteiger partial charge in [-0.2, -0.15) is 0 Å². The molecule has 8 nitrogen and oxygen atoms in total. The number of fused-ring (bicyclic) bond motifs is 1. The first-order valence-corrected chi connectivity index (χ1v) is 13.4. The van der Waals surface area contributed by atoms with Crippen LogP contribution in [0, 0.1) is 25.7 Å². The van der Waals surface area contributed by atoms with E-state index in [9.17, 15) is 19.5 Å². The number of aliphatic hydroxyl groups excluding tert-OH is 1. The van der Waals surface area contributed by atoms with Crippen LogP contribution in [-0.4, -0.2) is 71.3 Å². The van der Waals surface area contributed by atoms with Crippen LogP contribution in [0.25, 0.3) is 0 Å². The van der Waals surface area contributed by atoms with Crippen molar-refractivity contribution in [2.75, 3.05) is 31.2 Å². The second-order valence-electron chi connectivity index (χ2n) is 10.8. The Labute approximate surface area is 219 Å². The van der Waals surface area contributed by atoms with Crippen LogP contribution in [0.4, 0.5) is 5.69 Å². The van der Waals surface area contributed by atoms with Gasteiger partial charge in [0, 0.05) is 25.4 Å². The van der Waals surface area contributed by atoms with Crippen molar-refractivity contribution < 1.29 is 29.0 Å². The van der Waals surface area contributed by atoms with Gasteiger partial charge < -0.3 is 24.4 Å². The predicted molar refractivity (Wildman–Crippen MR) is 140 cm³/mol. The maximum atomic E-state index is 14.5. The zero-order valence-corrected chi connectivity index (χ0v) is 22.5. The van der Waals surface area contributed by atoms with E-state index in [1.54, 1.807) is 22.8 Å². The summed E-state index contributed by atoms with van der Waals surface area (Å²) >= 11 is 0. The molecule has 2 amide bonds. The molecule has 37 heavy (non-hydrogen) atoms. The molecular weight excluding hydrogens is 472 g/mol. The van der Waals surface area contributed by atoms with Crippen molar-refractivity contribution in [3.63, 3.8) is 0 Å². The molecular formula is C29H40N2O6. The summed E-state index contributed by atoms with van der Waals surface area (Å²) in [5.74, 6) is -2.39. The van der Waals surface area contributed by atoms with Crippen molar-refractivity contribution in [3.05, 3.63) is 42.0 Å².